The maximum Gasteiger partial charge on any atom is 0.325 e. The van der Waals surface area contributed by atoms with Crippen molar-refractivity contribution >= 4 is 5.97 Å². The second-order valence-corrected chi connectivity index (χ2v) is 2.31. The van der Waals surface area contributed by atoms with Crippen molar-refractivity contribution in [3.63, 3.8) is 0 Å². The van der Waals surface area contributed by atoms with E-state index in [9.17, 15) is 4.79 Å². The number of hydrogen-bond acceptors (Lipinski definition) is 5. The van der Waals surface area contributed by atoms with Gasteiger partial charge in [-0.15, -0.1) is 0 Å². The molecule has 0 aliphatic rings. The maximum atomic E-state index is 10.5. The predicted molar refractivity (Wildman–Crippen MR) is 44.3 cm³/mol. The van der Waals surface area contributed by atoms with Crippen LogP contribution in [0.5, 0.6) is 0 Å². The lowest BCUT2D eigenvalue weighted by Gasteiger charge is -2.12. The summed E-state index contributed by atoms with van der Waals surface area (Å²) in [6.07, 6.45) is 0. The SMILES string of the molecule is COCCONC(COC)C(=O)O. The van der Waals surface area contributed by atoms with Crippen molar-refractivity contribution in [2.75, 3.05) is 34.0 Å². The van der Waals surface area contributed by atoms with E-state index < -0.39 is 12.0 Å². The molecule has 0 saturated heterocycles. The average molecular weight is 193 g/mol. The third-order valence-electron chi connectivity index (χ3n) is 1.25. The van der Waals surface area contributed by atoms with Gasteiger partial charge >= 0.3 is 5.97 Å². The summed E-state index contributed by atoms with van der Waals surface area (Å²) in [6, 6.07) is -0.846. The summed E-state index contributed by atoms with van der Waals surface area (Å²) in [5, 5.41) is 8.61. The van der Waals surface area contributed by atoms with Gasteiger partial charge in [0.2, 0.25) is 0 Å². The van der Waals surface area contributed by atoms with Crippen LogP contribution in [0.2, 0.25) is 0 Å². The summed E-state index contributed by atoms with van der Waals surface area (Å²) >= 11 is 0. The number of methoxy groups -OCH3 is 2. The first-order chi connectivity index (χ1) is 6.22. The van der Waals surface area contributed by atoms with Crippen LogP contribution in [0.25, 0.3) is 0 Å². The Labute approximate surface area is 76.7 Å². The van der Waals surface area contributed by atoms with Crippen molar-refractivity contribution in [2.24, 2.45) is 0 Å². The average Bonchev–Trinajstić information content (AvgIpc) is 2.10. The molecule has 0 aromatic heterocycles. The lowest BCUT2D eigenvalue weighted by Crippen LogP contribution is -2.40. The fraction of sp³-hybridized carbons (Fsp3) is 0.857. The van der Waals surface area contributed by atoms with Gasteiger partial charge in [0, 0.05) is 14.2 Å². The van der Waals surface area contributed by atoms with E-state index in [1.165, 1.54) is 14.2 Å². The predicted octanol–water partition coefficient (Wildman–Crippen LogP) is -0.746. The van der Waals surface area contributed by atoms with E-state index in [1.807, 2.05) is 0 Å². The van der Waals surface area contributed by atoms with E-state index in [-0.39, 0.29) is 6.61 Å². The van der Waals surface area contributed by atoms with Crippen LogP contribution in [0.1, 0.15) is 0 Å². The molecule has 0 aromatic carbocycles. The normalized spacial score (nSPS) is 12.8. The van der Waals surface area contributed by atoms with Gasteiger partial charge in [0.15, 0.2) is 6.04 Å². The molecule has 0 saturated carbocycles. The third kappa shape index (κ3) is 6.47. The van der Waals surface area contributed by atoms with Crippen LogP contribution in [0.15, 0.2) is 0 Å². The highest BCUT2D eigenvalue weighted by atomic mass is 16.7. The van der Waals surface area contributed by atoms with Crippen molar-refractivity contribution in [1.82, 2.24) is 5.48 Å². The molecule has 13 heavy (non-hydrogen) atoms. The van der Waals surface area contributed by atoms with Crippen molar-refractivity contribution < 1.29 is 24.2 Å². The van der Waals surface area contributed by atoms with E-state index in [1.54, 1.807) is 0 Å². The summed E-state index contributed by atoms with van der Waals surface area (Å²) < 4.78 is 9.37. The Bertz CT molecular complexity index is 141. The molecule has 0 spiro atoms. The first kappa shape index (κ1) is 12.3. The van der Waals surface area contributed by atoms with Crippen molar-refractivity contribution in [3.8, 4) is 0 Å². The molecule has 0 aliphatic heterocycles. The molecule has 0 bridgehead atoms. The number of carbonyl (C=O) groups is 1. The quantitative estimate of drug-likeness (QED) is 0.390. The molecule has 0 aliphatic carbocycles. The Balaban J connectivity index is 3.51. The highest BCUT2D eigenvalue weighted by Crippen LogP contribution is 1.85. The van der Waals surface area contributed by atoms with Gasteiger partial charge in [-0.3, -0.25) is 9.63 Å². The molecular weight excluding hydrogens is 178 g/mol. The lowest BCUT2D eigenvalue weighted by atomic mass is 10.3. The molecule has 1 atom stereocenters. The Morgan fingerprint density at radius 2 is 2.08 bits per heavy atom. The summed E-state index contributed by atoms with van der Waals surface area (Å²) in [5.41, 5.74) is 2.35. The topological polar surface area (TPSA) is 77.0 Å². The number of rotatable bonds is 8. The fourth-order valence-corrected chi connectivity index (χ4v) is 0.607. The molecular formula is C7H15NO5. The van der Waals surface area contributed by atoms with Gasteiger partial charge in [0.25, 0.3) is 0 Å². The van der Waals surface area contributed by atoms with Gasteiger partial charge in [0.1, 0.15) is 0 Å². The van der Waals surface area contributed by atoms with Gasteiger partial charge < -0.3 is 14.6 Å². The Hall–Kier alpha value is -0.690. The van der Waals surface area contributed by atoms with E-state index in [2.05, 4.69) is 10.2 Å². The first-order valence-electron chi connectivity index (χ1n) is 3.80. The zero-order valence-corrected chi connectivity index (χ0v) is 7.78. The minimum atomic E-state index is -1.01. The van der Waals surface area contributed by atoms with Gasteiger partial charge in [-0.2, -0.15) is 5.48 Å². The molecule has 0 radical (unpaired) electrons. The van der Waals surface area contributed by atoms with E-state index in [0.717, 1.165) is 0 Å². The zero-order chi connectivity index (χ0) is 10.1. The number of hydroxylamine groups is 1. The number of carboxylic acids is 1. The van der Waals surface area contributed by atoms with Crippen LogP contribution in [-0.2, 0) is 19.1 Å². The Morgan fingerprint density at radius 1 is 1.38 bits per heavy atom. The molecule has 0 aromatic rings. The largest absolute Gasteiger partial charge is 0.480 e. The molecule has 0 rings (SSSR count). The fourth-order valence-electron chi connectivity index (χ4n) is 0.607. The molecule has 78 valence electrons. The number of carboxylic acid groups (broad SMARTS) is 1. The molecule has 6 heteroatoms. The highest BCUT2D eigenvalue weighted by molar-refractivity contribution is 5.73. The first-order valence-corrected chi connectivity index (χ1v) is 3.80. The number of ether oxygens (including phenoxy) is 2. The summed E-state index contributed by atoms with van der Waals surface area (Å²) in [6.45, 7) is 0.763. The molecule has 0 fully saturated rings. The summed E-state index contributed by atoms with van der Waals surface area (Å²) in [5.74, 6) is -1.01. The van der Waals surface area contributed by atoms with Crippen LogP contribution >= 0.6 is 0 Å². The van der Waals surface area contributed by atoms with Crippen LogP contribution in [0.3, 0.4) is 0 Å². The van der Waals surface area contributed by atoms with Crippen molar-refractivity contribution in [2.45, 2.75) is 6.04 Å². The zero-order valence-electron chi connectivity index (χ0n) is 7.78. The molecule has 0 amide bonds. The maximum absolute atomic E-state index is 10.5. The van der Waals surface area contributed by atoms with E-state index in [4.69, 9.17) is 14.7 Å². The molecule has 0 heterocycles. The summed E-state index contributed by atoms with van der Waals surface area (Å²) in [4.78, 5) is 15.3. The van der Waals surface area contributed by atoms with Gasteiger partial charge in [-0.25, -0.2) is 0 Å². The highest BCUT2D eigenvalue weighted by Gasteiger charge is 2.16. The van der Waals surface area contributed by atoms with Gasteiger partial charge in [-0.1, -0.05) is 0 Å². The minimum absolute atomic E-state index is 0.0579. The lowest BCUT2D eigenvalue weighted by molar-refractivity contribution is -0.146. The van der Waals surface area contributed by atoms with E-state index >= 15 is 0 Å². The minimum Gasteiger partial charge on any atom is -0.480 e. The number of nitrogens with one attached hydrogen (secondary N) is 1. The Kier molecular flexibility index (Phi) is 7.51. The van der Waals surface area contributed by atoms with Crippen LogP contribution in [0.4, 0.5) is 0 Å². The van der Waals surface area contributed by atoms with Crippen molar-refractivity contribution in [3.05, 3.63) is 0 Å². The van der Waals surface area contributed by atoms with Crippen molar-refractivity contribution in [1.29, 1.82) is 0 Å². The number of aliphatic carboxylic acids is 1. The van der Waals surface area contributed by atoms with Gasteiger partial charge in [-0.05, 0) is 0 Å². The number of hydrogen-bond donors (Lipinski definition) is 2. The second-order valence-electron chi connectivity index (χ2n) is 2.31. The smallest absolute Gasteiger partial charge is 0.325 e. The molecule has 2 N–H and O–H groups in total. The molecule has 6 nitrogen and oxygen atoms in total. The summed E-state index contributed by atoms with van der Waals surface area (Å²) in [7, 11) is 2.96. The third-order valence-corrected chi connectivity index (χ3v) is 1.25. The monoisotopic (exact) mass is 193 g/mol. The standard InChI is InChI=1S/C7H15NO5/c1-11-3-4-13-8-6(5-12-2)7(9)10/h6,8H,3-5H2,1-2H3,(H,9,10). The van der Waals surface area contributed by atoms with E-state index in [0.29, 0.717) is 13.2 Å². The van der Waals surface area contributed by atoms with Crippen LogP contribution in [-0.4, -0.2) is 51.2 Å². The van der Waals surface area contributed by atoms with Gasteiger partial charge in [0.05, 0.1) is 19.8 Å². The second kappa shape index (κ2) is 7.93. The Morgan fingerprint density at radius 3 is 2.54 bits per heavy atom. The molecule has 1 unspecified atom stereocenters. The van der Waals surface area contributed by atoms with Crippen LogP contribution in [0, 0.1) is 0 Å². The van der Waals surface area contributed by atoms with Crippen LogP contribution < -0.4 is 5.48 Å².